The number of nitrogens with one attached hydrogen (secondary N) is 2. The molecule has 1 heterocycles. The van der Waals surface area contributed by atoms with Gasteiger partial charge < -0.3 is 15.0 Å². The van der Waals surface area contributed by atoms with Crippen LogP contribution in [0.25, 0.3) is 22.0 Å². The largest absolute Gasteiger partial charge is 0.452 e. The van der Waals surface area contributed by atoms with Crippen molar-refractivity contribution < 1.29 is 14.3 Å². The lowest BCUT2D eigenvalue weighted by atomic mass is 10.1. The van der Waals surface area contributed by atoms with Gasteiger partial charge in [0.25, 0.3) is 5.91 Å². The van der Waals surface area contributed by atoms with E-state index in [2.05, 4.69) is 10.3 Å². The highest BCUT2D eigenvalue weighted by molar-refractivity contribution is 6.05. The van der Waals surface area contributed by atoms with Crippen LogP contribution in [0.5, 0.6) is 0 Å². The molecule has 0 unspecified atom stereocenters. The maximum atomic E-state index is 12.3. The van der Waals surface area contributed by atoms with E-state index >= 15 is 0 Å². The molecule has 5 heteroatoms. The van der Waals surface area contributed by atoms with Gasteiger partial charge >= 0.3 is 5.97 Å². The Labute approximate surface area is 162 Å². The number of aromatic amines is 1. The minimum Gasteiger partial charge on any atom is -0.452 e. The Morgan fingerprint density at radius 2 is 1.50 bits per heavy atom. The summed E-state index contributed by atoms with van der Waals surface area (Å²) in [6.45, 7) is -0.348. The van der Waals surface area contributed by atoms with Crippen molar-refractivity contribution in [2.75, 3.05) is 11.9 Å². The molecule has 0 fully saturated rings. The van der Waals surface area contributed by atoms with E-state index in [4.69, 9.17) is 4.74 Å². The zero-order valence-corrected chi connectivity index (χ0v) is 15.0. The van der Waals surface area contributed by atoms with E-state index in [-0.39, 0.29) is 12.5 Å². The van der Waals surface area contributed by atoms with Crippen LogP contribution in [-0.4, -0.2) is 23.5 Å². The molecule has 0 saturated heterocycles. The van der Waals surface area contributed by atoms with Gasteiger partial charge in [0.15, 0.2) is 6.61 Å². The molecule has 0 bridgehead atoms. The Hall–Kier alpha value is -3.86. The lowest BCUT2D eigenvalue weighted by Gasteiger charge is -2.07. The number of benzene rings is 3. The third kappa shape index (κ3) is 3.78. The Balaban J connectivity index is 1.35. The molecule has 0 aliphatic rings. The number of carbonyl (C=O) groups is 2. The predicted octanol–water partition coefficient (Wildman–Crippen LogP) is 4.63. The molecule has 138 valence electrons. The second-order valence-corrected chi connectivity index (χ2v) is 6.32. The molecule has 5 nitrogen and oxygen atoms in total. The number of anilines is 1. The second-order valence-electron chi connectivity index (χ2n) is 6.32. The van der Waals surface area contributed by atoms with Crippen LogP contribution >= 0.6 is 0 Å². The number of ether oxygens (including phenoxy) is 1. The van der Waals surface area contributed by atoms with Crippen molar-refractivity contribution in [1.82, 2.24) is 4.98 Å². The van der Waals surface area contributed by atoms with Crippen molar-refractivity contribution in [3.8, 4) is 11.1 Å². The number of hydrogen-bond acceptors (Lipinski definition) is 3. The van der Waals surface area contributed by atoms with Crippen molar-refractivity contribution in [2.24, 2.45) is 0 Å². The molecule has 3 aromatic carbocycles. The van der Waals surface area contributed by atoms with E-state index < -0.39 is 5.97 Å². The average molecular weight is 370 g/mol. The normalized spacial score (nSPS) is 10.6. The summed E-state index contributed by atoms with van der Waals surface area (Å²) in [5.41, 5.74) is 4.07. The van der Waals surface area contributed by atoms with Gasteiger partial charge in [-0.2, -0.15) is 0 Å². The van der Waals surface area contributed by atoms with Crippen LogP contribution in [0.3, 0.4) is 0 Å². The third-order valence-corrected chi connectivity index (χ3v) is 4.42. The van der Waals surface area contributed by atoms with Crippen molar-refractivity contribution in [3.05, 3.63) is 90.6 Å². The number of hydrogen-bond donors (Lipinski definition) is 2. The lowest BCUT2D eigenvalue weighted by Crippen LogP contribution is -2.20. The van der Waals surface area contributed by atoms with Crippen molar-refractivity contribution in [1.29, 1.82) is 0 Å². The van der Waals surface area contributed by atoms with Gasteiger partial charge in [0.05, 0.1) is 5.56 Å². The zero-order valence-electron chi connectivity index (χ0n) is 15.0. The van der Waals surface area contributed by atoms with E-state index in [0.717, 1.165) is 22.0 Å². The van der Waals surface area contributed by atoms with Crippen LogP contribution < -0.4 is 5.32 Å². The second kappa shape index (κ2) is 7.80. The maximum absolute atomic E-state index is 12.3. The molecule has 0 aliphatic heterocycles. The van der Waals surface area contributed by atoms with Gasteiger partial charge in [0.1, 0.15) is 0 Å². The van der Waals surface area contributed by atoms with Crippen LogP contribution in [0.4, 0.5) is 5.69 Å². The van der Waals surface area contributed by atoms with E-state index in [1.54, 1.807) is 6.20 Å². The van der Waals surface area contributed by atoms with Gasteiger partial charge in [0, 0.05) is 22.8 Å². The van der Waals surface area contributed by atoms with E-state index in [1.165, 1.54) is 0 Å². The Morgan fingerprint density at radius 3 is 2.29 bits per heavy atom. The first-order valence-corrected chi connectivity index (χ1v) is 8.89. The molecule has 0 radical (unpaired) electrons. The quantitative estimate of drug-likeness (QED) is 0.503. The summed E-state index contributed by atoms with van der Waals surface area (Å²) < 4.78 is 5.15. The number of esters is 1. The SMILES string of the molecule is O=C(COC(=O)c1c[nH]c2ccccc12)Nc1ccc(-c2ccccc2)cc1. The van der Waals surface area contributed by atoms with Gasteiger partial charge in [-0.3, -0.25) is 4.79 Å². The first-order valence-electron chi connectivity index (χ1n) is 8.89. The Bertz CT molecular complexity index is 1120. The fourth-order valence-electron chi connectivity index (χ4n) is 3.02. The molecule has 2 N–H and O–H groups in total. The molecular formula is C23H18N2O3. The van der Waals surface area contributed by atoms with Crippen LogP contribution in [-0.2, 0) is 9.53 Å². The number of para-hydroxylation sites is 1. The predicted molar refractivity (Wildman–Crippen MR) is 109 cm³/mol. The van der Waals surface area contributed by atoms with Crippen LogP contribution in [0.1, 0.15) is 10.4 Å². The minimum absolute atomic E-state index is 0.348. The fourth-order valence-corrected chi connectivity index (χ4v) is 3.02. The van der Waals surface area contributed by atoms with E-state index in [9.17, 15) is 9.59 Å². The molecule has 28 heavy (non-hydrogen) atoms. The number of fused-ring (bicyclic) bond motifs is 1. The average Bonchev–Trinajstić information content (AvgIpc) is 3.17. The summed E-state index contributed by atoms with van der Waals surface area (Å²) in [7, 11) is 0. The number of carbonyl (C=O) groups excluding carboxylic acids is 2. The number of H-pyrrole nitrogens is 1. The first kappa shape index (κ1) is 17.5. The molecule has 0 atom stereocenters. The molecule has 1 aromatic heterocycles. The van der Waals surface area contributed by atoms with Gasteiger partial charge in [-0.1, -0.05) is 60.7 Å². The maximum Gasteiger partial charge on any atom is 0.340 e. The minimum atomic E-state index is -0.535. The summed E-state index contributed by atoms with van der Waals surface area (Å²) in [6.07, 6.45) is 1.59. The van der Waals surface area contributed by atoms with Gasteiger partial charge in [-0.25, -0.2) is 4.79 Å². The molecule has 0 saturated carbocycles. The van der Waals surface area contributed by atoms with Crippen LogP contribution in [0.15, 0.2) is 85.1 Å². The molecule has 0 spiro atoms. The van der Waals surface area contributed by atoms with E-state index in [1.807, 2.05) is 78.9 Å². The number of amides is 1. The van der Waals surface area contributed by atoms with Crippen molar-refractivity contribution in [2.45, 2.75) is 0 Å². The summed E-state index contributed by atoms with van der Waals surface area (Å²) >= 11 is 0. The molecule has 4 rings (SSSR count). The summed E-state index contributed by atoms with van der Waals surface area (Å²) in [4.78, 5) is 27.4. The summed E-state index contributed by atoms with van der Waals surface area (Å²) in [6, 6.07) is 24.9. The first-order chi connectivity index (χ1) is 13.7. The van der Waals surface area contributed by atoms with Crippen LogP contribution in [0.2, 0.25) is 0 Å². The smallest absolute Gasteiger partial charge is 0.340 e. The highest BCUT2D eigenvalue weighted by Gasteiger charge is 2.14. The lowest BCUT2D eigenvalue weighted by molar-refractivity contribution is -0.119. The molecule has 1 amide bonds. The highest BCUT2D eigenvalue weighted by atomic mass is 16.5. The van der Waals surface area contributed by atoms with E-state index in [0.29, 0.717) is 11.3 Å². The van der Waals surface area contributed by atoms with Gasteiger partial charge in [-0.05, 0) is 29.3 Å². The molecule has 4 aromatic rings. The number of aromatic nitrogens is 1. The standard InChI is InChI=1S/C23H18N2O3/c26-22(15-28-23(27)20-14-24-21-9-5-4-8-19(20)21)25-18-12-10-17(11-13-18)16-6-2-1-3-7-16/h1-14,24H,15H2,(H,25,26). The topological polar surface area (TPSA) is 71.2 Å². The van der Waals surface area contributed by atoms with Gasteiger partial charge in [-0.15, -0.1) is 0 Å². The molecule has 0 aliphatic carbocycles. The van der Waals surface area contributed by atoms with Crippen molar-refractivity contribution >= 4 is 28.5 Å². The molecular weight excluding hydrogens is 352 g/mol. The third-order valence-electron chi connectivity index (χ3n) is 4.42. The highest BCUT2D eigenvalue weighted by Crippen LogP contribution is 2.21. The Kier molecular flexibility index (Phi) is 4.89. The van der Waals surface area contributed by atoms with Crippen molar-refractivity contribution in [3.63, 3.8) is 0 Å². The summed E-state index contributed by atoms with van der Waals surface area (Å²) in [5.74, 6) is -0.923. The van der Waals surface area contributed by atoms with Gasteiger partial charge in [0.2, 0.25) is 0 Å². The number of rotatable bonds is 5. The monoisotopic (exact) mass is 370 g/mol. The summed E-state index contributed by atoms with van der Waals surface area (Å²) in [5, 5.41) is 3.50. The zero-order chi connectivity index (χ0) is 19.3. The fraction of sp³-hybridized carbons (Fsp3) is 0.0435. The van der Waals surface area contributed by atoms with Crippen LogP contribution in [0, 0.1) is 0 Å². The Morgan fingerprint density at radius 1 is 0.821 bits per heavy atom.